The quantitative estimate of drug-likeness (QED) is 0.180. The minimum atomic E-state index is -0.397. The van der Waals surface area contributed by atoms with Crippen LogP contribution in [-0.4, -0.2) is 26.3 Å². The maximum atomic E-state index is 14.5. The van der Waals surface area contributed by atoms with Crippen LogP contribution >= 0.6 is 0 Å². The maximum absolute atomic E-state index is 14.5. The molecule has 0 bridgehead atoms. The number of fused-ring (bicyclic) bond motifs is 4. The fourth-order valence-corrected chi connectivity index (χ4v) is 7.24. The van der Waals surface area contributed by atoms with Gasteiger partial charge in [-0.25, -0.2) is 4.90 Å². The second-order valence-electron chi connectivity index (χ2n) is 12.3. The van der Waals surface area contributed by atoms with Crippen molar-refractivity contribution in [1.29, 1.82) is 10.5 Å². The molecule has 0 spiro atoms. The molecule has 2 amide bonds. The first-order chi connectivity index (χ1) is 23.8. The average molecular weight is 635 g/mol. The van der Waals surface area contributed by atoms with E-state index in [0.29, 0.717) is 44.8 Å². The van der Waals surface area contributed by atoms with E-state index in [1.807, 2.05) is 79.9 Å². The molecule has 8 nitrogen and oxygen atoms in total. The second kappa shape index (κ2) is 11.1. The molecule has 3 aromatic heterocycles. The molecule has 8 rings (SSSR count). The molecule has 8 heteroatoms. The van der Waals surface area contributed by atoms with Gasteiger partial charge in [0.1, 0.15) is 0 Å². The van der Waals surface area contributed by atoms with E-state index in [2.05, 4.69) is 22.1 Å². The number of benzene rings is 4. The van der Waals surface area contributed by atoms with E-state index in [1.54, 1.807) is 49.1 Å². The van der Waals surface area contributed by atoms with Crippen LogP contribution in [0, 0.1) is 43.4 Å². The van der Waals surface area contributed by atoms with Gasteiger partial charge in [-0.05, 0) is 79.4 Å². The lowest BCUT2D eigenvalue weighted by Gasteiger charge is -2.20. The first kappa shape index (κ1) is 29.5. The second-order valence-corrected chi connectivity index (χ2v) is 12.3. The number of rotatable bonds is 4. The van der Waals surface area contributed by atoms with Crippen molar-refractivity contribution in [2.45, 2.75) is 20.8 Å². The van der Waals surface area contributed by atoms with Crippen molar-refractivity contribution in [1.82, 2.24) is 14.5 Å². The van der Waals surface area contributed by atoms with Crippen molar-refractivity contribution in [3.8, 4) is 40.1 Å². The third kappa shape index (κ3) is 4.43. The molecule has 7 aromatic rings. The van der Waals surface area contributed by atoms with Crippen molar-refractivity contribution in [2.75, 3.05) is 4.90 Å². The first-order valence-electron chi connectivity index (χ1n) is 15.7. The molecule has 1 aliphatic rings. The molecular formula is C41H26N6O2. The summed E-state index contributed by atoms with van der Waals surface area (Å²) in [5.74, 6) is -0.770. The Morgan fingerprint density at radius 1 is 0.633 bits per heavy atom. The van der Waals surface area contributed by atoms with E-state index >= 15 is 0 Å². The molecule has 0 saturated heterocycles. The van der Waals surface area contributed by atoms with E-state index < -0.39 is 5.91 Å². The number of aromatic nitrogens is 3. The van der Waals surface area contributed by atoms with Gasteiger partial charge in [-0.15, -0.1) is 0 Å². The monoisotopic (exact) mass is 634 g/mol. The minimum Gasteiger partial charge on any atom is -0.308 e. The molecule has 4 aromatic carbocycles. The van der Waals surface area contributed by atoms with E-state index in [-0.39, 0.29) is 5.91 Å². The molecule has 0 N–H and O–H groups in total. The van der Waals surface area contributed by atoms with Crippen molar-refractivity contribution in [3.63, 3.8) is 0 Å². The standard InChI is InChI=1S/C41H26N6O2/c1-23-15-24(2)39(25(3)16-23)47-40(48)32-5-4-6-35(38(32)41(47)49)46-36-17-26(33-21-44-13-11-28(33)19-42)7-9-30(36)31-10-8-27(18-37(31)46)34-22-45-14-12-29(34)20-43/h4-18,21-22H,1-3H3. The summed E-state index contributed by atoms with van der Waals surface area (Å²) >= 11 is 0. The Hall–Kier alpha value is -6.90. The molecule has 49 heavy (non-hydrogen) atoms. The summed E-state index contributed by atoms with van der Waals surface area (Å²) in [6.45, 7) is 5.82. The number of nitriles is 2. The van der Waals surface area contributed by atoms with Gasteiger partial charge in [0.2, 0.25) is 0 Å². The smallest absolute Gasteiger partial charge is 0.268 e. The average Bonchev–Trinajstić information content (AvgIpc) is 3.57. The van der Waals surface area contributed by atoms with Gasteiger partial charge in [0, 0.05) is 46.7 Å². The number of hydrogen-bond acceptors (Lipinski definition) is 6. The zero-order valence-electron chi connectivity index (χ0n) is 26.8. The summed E-state index contributed by atoms with van der Waals surface area (Å²) in [6, 6.07) is 29.1. The van der Waals surface area contributed by atoms with Gasteiger partial charge in [0.05, 0.1) is 56.8 Å². The number of hydrogen-bond donors (Lipinski definition) is 0. The van der Waals surface area contributed by atoms with Gasteiger partial charge in [0.25, 0.3) is 11.8 Å². The number of aryl methyl sites for hydroxylation is 3. The lowest BCUT2D eigenvalue weighted by Crippen LogP contribution is -2.31. The largest absolute Gasteiger partial charge is 0.308 e. The fourth-order valence-electron chi connectivity index (χ4n) is 7.24. The van der Waals surface area contributed by atoms with Crippen LogP contribution in [0.5, 0.6) is 0 Å². The summed E-state index contributed by atoms with van der Waals surface area (Å²) < 4.78 is 2.00. The zero-order valence-corrected chi connectivity index (χ0v) is 26.8. The Balaban J connectivity index is 1.44. The highest BCUT2D eigenvalue weighted by Crippen LogP contribution is 2.41. The lowest BCUT2D eigenvalue weighted by molar-refractivity contribution is 0.0925. The van der Waals surface area contributed by atoms with Crippen LogP contribution in [0.2, 0.25) is 0 Å². The van der Waals surface area contributed by atoms with Gasteiger partial charge >= 0.3 is 0 Å². The molecule has 232 valence electrons. The maximum Gasteiger partial charge on any atom is 0.268 e. The number of imide groups is 1. The number of amides is 2. The Morgan fingerprint density at radius 3 is 1.71 bits per heavy atom. The number of anilines is 1. The van der Waals surface area contributed by atoms with Gasteiger partial charge < -0.3 is 4.57 Å². The van der Waals surface area contributed by atoms with E-state index in [0.717, 1.165) is 49.6 Å². The Bertz CT molecular complexity index is 2530. The summed E-state index contributed by atoms with van der Waals surface area (Å²) in [6.07, 6.45) is 6.52. The van der Waals surface area contributed by atoms with Gasteiger partial charge in [-0.3, -0.25) is 19.6 Å². The molecular weight excluding hydrogens is 608 g/mol. The van der Waals surface area contributed by atoms with Gasteiger partial charge in [-0.1, -0.05) is 48.0 Å². The SMILES string of the molecule is Cc1cc(C)c(N2C(=O)c3cccc(-n4c5cc(-c6cnccc6C#N)ccc5c5ccc(-c6cnccc6C#N)cc54)c3C2=O)c(C)c1. The van der Waals surface area contributed by atoms with E-state index in [1.165, 1.54) is 4.90 Å². The Morgan fingerprint density at radius 2 is 1.18 bits per heavy atom. The van der Waals surface area contributed by atoms with Crippen molar-refractivity contribution >= 4 is 39.3 Å². The molecule has 0 atom stereocenters. The predicted molar refractivity (Wildman–Crippen MR) is 188 cm³/mol. The summed E-state index contributed by atoms with van der Waals surface area (Å²) in [4.78, 5) is 38.5. The number of carbonyl (C=O) groups is 2. The van der Waals surface area contributed by atoms with Crippen LogP contribution in [-0.2, 0) is 0 Å². The molecule has 1 aliphatic heterocycles. The summed E-state index contributed by atoms with van der Waals surface area (Å²) in [7, 11) is 0. The summed E-state index contributed by atoms with van der Waals surface area (Å²) in [5, 5.41) is 21.6. The van der Waals surface area contributed by atoms with Crippen LogP contribution in [0.4, 0.5) is 5.69 Å². The van der Waals surface area contributed by atoms with Crippen LogP contribution in [0.25, 0.3) is 49.7 Å². The minimum absolute atomic E-state index is 0.305. The fraction of sp³-hybridized carbons (Fsp3) is 0.0732. The highest BCUT2D eigenvalue weighted by atomic mass is 16.2. The third-order valence-electron chi connectivity index (χ3n) is 9.27. The van der Waals surface area contributed by atoms with Crippen LogP contribution in [0.15, 0.2) is 104 Å². The highest BCUT2D eigenvalue weighted by molar-refractivity contribution is 6.36. The number of pyridine rings is 2. The predicted octanol–water partition coefficient (Wildman–Crippen LogP) is 8.38. The molecule has 0 unspecified atom stereocenters. The molecule has 0 radical (unpaired) electrons. The third-order valence-corrected chi connectivity index (χ3v) is 9.27. The highest BCUT2D eigenvalue weighted by Gasteiger charge is 2.40. The Kier molecular flexibility index (Phi) is 6.69. The number of nitrogens with zero attached hydrogens (tertiary/aromatic N) is 6. The normalized spacial score (nSPS) is 12.4. The molecule has 4 heterocycles. The van der Waals surface area contributed by atoms with Crippen LogP contribution in [0.3, 0.4) is 0 Å². The van der Waals surface area contributed by atoms with E-state index in [4.69, 9.17) is 0 Å². The van der Waals surface area contributed by atoms with Crippen LogP contribution < -0.4 is 4.90 Å². The van der Waals surface area contributed by atoms with Crippen molar-refractivity contribution in [3.05, 3.63) is 143 Å². The molecule has 0 saturated carbocycles. The van der Waals surface area contributed by atoms with E-state index in [9.17, 15) is 20.1 Å². The zero-order chi connectivity index (χ0) is 34.0. The molecule has 0 aliphatic carbocycles. The first-order valence-corrected chi connectivity index (χ1v) is 15.7. The molecule has 0 fully saturated rings. The number of carbonyl (C=O) groups excluding carboxylic acids is 2. The van der Waals surface area contributed by atoms with Gasteiger partial charge in [-0.2, -0.15) is 10.5 Å². The lowest BCUT2D eigenvalue weighted by atomic mass is 9.99. The van der Waals surface area contributed by atoms with Crippen molar-refractivity contribution < 1.29 is 9.59 Å². The summed E-state index contributed by atoms with van der Waals surface area (Å²) in [5.41, 5.74) is 9.95. The van der Waals surface area contributed by atoms with Crippen LogP contribution in [0.1, 0.15) is 48.5 Å². The topological polar surface area (TPSA) is 116 Å². The van der Waals surface area contributed by atoms with Crippen molar-refractivity contribution in [2.24, 2.45) is 0 Å². The van der Waals surface area contributed by atoms with Gasteiger partial charge in [0.15, 0.2) is 0 Å². The Labute approximate surface area is 281 Å².